The summed E-state index contributed by atoms with van der Waals surface area (Å²) in [6, 6.07) is 3.93. The molecule has 0 amide bonds. The molecule has 0 spiro atoms. The van der Waals surface area contributed by atoms with Crippen LogP contribution in [0.15, 0.2) is 12.1 Å². The van der Waals surface area contributed by atoms with Gasteiger partial charge in [0.05, 0.1) is 4.88 Å². The molecule has 1 aromatic rings. The van der Waals surface area contributed by atoms with E-state index in [0.717, 1.165) is 17.7 Å². The first kappa shape index (κ1) is 13.4. The second kappa shape index (κ2) is 7.58. The van der Waals surface area contributed by atoms with E-state index in [1.807, 2.05) is 12.1 Å². The van der Waals surface area contributed by atoms with E-state index >= 15 is 0 Å². The molecule has 0 saturated heterocycles. The average molecular weight is 240 g/mol. The molecule has 16 heavy (non-hydrogen) atoms. The van der Waals surface area contributed by atoms with Crippen LogP contribution in [0, 0.1) is 0 Å². The molecular formula is C13H20O2S. The van der Waals surface area contributed by atoms with E-state index in [1.54, 1.807) is 11.3 Å². The minimum Gasteiger partial charge on any atom is -0.373 e. The number of Topliss-reactive ketones (excluding diaryl/α,β-unsaturated/α-hetero) is 1. The van der Waals surface area contributed by atoms with Crippen LogP contribution in [-0.2, 0) is 11.2 Å². The molecule has 0 aliphatic carbocycles. The number of thiophene rings is 1. The number of hydrogen-bond acceptors (Lipinski definition) is 3. The van der Waals surface area contributed by atoms with Crippen molar-refractivity contribution in [2.24, 2.45) is 0 Å². The highest BCUT2D eigenvalue weighted by Gasteiger charge is 2.08. The van der Waals surface area contributed by atoms with Crippen molar-refractivity contribution < 1.29 is 9.53 Å². The number of unbranched alkanes of at least 4 members (excludes halogenated alkanes) is 2. The monoisotopic (exact) mass is 240 g/mol. The zero-order valence-corrected chi connectivity index (χ0v) is 10.9. The summed E-state index contributed by atoms with van der Waals surface area (Å²) in [5.41, 5.74) is 0. The van der Waals surface area contributed by atoms with E-state index in [1.165, 1.54) is 17.7 Å². The Kier molecular flexibility index (Phi) is 6.34. The van der Waals surface area contributed by atoms with Crippen LogP contribution >= 0.6 is 11.3 Å². The Labute approximate surface area is 102 Å². The van der Waals surface area contributed by atoms with Crippen molar-refractivity contribution in [1.29, 1.82) is 0 Å². The number of aryl methyl sites for hydroxylation is 1. The van der Waals surface area contributed by atoms with Crippen LogP contribution < -0.4 is 0 Å². The van der Waals surface area contributed by atoms with E-state index in [-0.39, 0.29) is 12.4 Å². The highest BCUT2D eigenvalue weighted by Crippen LogP contribution is 2.17. The zero-order valence-electron chi connectivity index (χ0n) is 10.1. The van der Waals surface area contributed by atoms with Gasteiger partial charge in [0, 0.05) is 11.5 Å². The van der Waals surface area contributed by atoms with E-state index < -0.39 is 0 Å². The first-order chi connectivity index (χ1) is 7.77. The summed E-state index contributed by atoms with van der Waals surface area (Å²) in [6.07, 6.45) is 4.40. The molecule has 90 valence electrons. The Hall–Kier alpha value is -0.670. The molecule has 0 bridgehead atoms. The van der Waals surface area contributed by atoms with Crippen molar-refractivity contribution in [2.75, 3.05) is 13.2 Å². The Morgan fingerprint density at radius 3 is 2.75 bits per heavy atom. The molecule has 0 saturated carbocycles. The first-order valence-electron chi connectivity index (χ1n) is 5.97. The third kappa shape index (κ3) is 4.45. The van der Waals surface area contributed by atoms with Gasteiger partial charge in [0.1, 0.15) is 6.61 Å². The molecule has 1 aromatic heterocycles. The van der Waals surface area contributed by atoms with Gasteiger partial charge < -0.3 is 4.74 Å². The summed E-state index contributed by atoms with van der Waals surface area (Å²) < 4.78 is 5.35. The minimum atomic E-state index is 0.112. The fourth-order valence-corrected chi connectivity index (χ4v) is 2.28. The Morgan fingerprint density at radius 1 is 1.31 bits per heavy atom. The second-order valence-corrected chi connectivity index (χ2v) is 4.97. The number of hydrogen-bond donors (Lipinski definition) is 0. The van der Waals surface area contributed by atoms with Crippen molar-refractivity contribution in [3.05, 3.63) is 21.9 Å². The highest BCUT2D eigenvalue weighted by molar-refractivity contribution is 7.14. The summed E-state index contributed by atoms with van der Waals surface area (Å²) in [4.78, 5) is 13.8. The number of ketones is 1. The van der Waals surface area contributed by atoms with E-state index in [2.05, 4.69) is 13.8 Å². The predicted molar refractivity (Wildman–Crippen MR) is 68.4 cm³/mol. The van der Waals surface area contributed by atoms with Gasteiger partial charge in [-0.2, -0.15) is 0 Å². The predicted octanol–water partition coefficient (Wildman–Crippen LogP) is 3.70. The van der Waals surface area contributed by atoms with Crippen molar-refractivity contribution in [3.8, 4) is 0 Å². The summed E-state index contributed by atoms with van der Waals surface area (Å²) >= 11 is 1.58. The lowest BCUT2D eigenvalue weighted by molar-refractivity contribution is 0.0757. The summed E-state index contributed by atoms with van der Waals surface area (Å²) in [7, 11) is 0. The molecule has 0 aromatic carbocycles. The SMILES string of the molecule is CCCCCOCC(=O)c1ccc(CC)s1. The van der Waals surface area contributed by atoms with Gasteiger partial charge in [0.15, 0.2) is 5.78 Å². The molecule has 2 nitrogen and oxygen atoms in total. The Balaban J connectivity index is 2.24. The average Bonchev–Trinajstić information content (AvgIpc) is 2.77. The van der Waals surface area contributed by atoms with Crippen molar-refractivity contribution in [3.63, 3.8) is 0 Å². The fourth-order valence-electron chi connectivity index (χ4n) is 1.41. The van der Waals surface area contributed by atoms with Gasteiger partial charge in [-0.25, -0.2) is 0 Å². The first-order valence-corrected chi connectivity index (χ1v) is 6.79. The summed E-state index contributed by atoms with van der Waals surface area (Å²) in [5.74, 6) is 0.112. The molecule has 1 rings (SSSR count). The standard InChI is InChI=1S/C13H20O2S/c1-3-5-6-9-15-10-12(14)13-8-7-11(4-2)16-13/h7-8H,3-6,9-10H2,1-2H3. The van der Waals surface area contributed by atoms with Gasteiger partial charge >= 0.3 is 0 Å². The van der Waals surface area contributed by atoms with Crippen LogP contribution in [0.4, 0.5) is 0 Å². The number of carbonyl (C=O) groups is 1. The Morgan fingerprint density at radius 2 is 2.12 bits per heavy atom. The maximum Gasteiger partial charge on any atom is 0.198 e. The third-order valence-electron chi connectivity index (χ3n) is 2.41. The van der Waals surface area contributed by atoms with Crippen LogP contribution in [0.1, 0.15) is 47.7 Å². The molecule has 0 atom stereocenters. The van der Waals surface area contributed by atoms with E-state index in [0.29, 0.717) is 6.61 Å². The molecule has 0 fully saturated rings. The molecule has 3 heteroatoms. The summed E-state index contributed by atoms with van der Waals surface area (Å²) in [6.45, 7) is 5.18. The lowest BCUT2D eigenvalue weighted by Gasteiger charge is -2.01. The van der Waals surface area contributed by atoms with Gasteiger partial charge in [-0.3, -0.25) is 4.79 Å². The van der Waals surface area contributed by atoms with Crippen LogP contribution in [0.3, 0.4) is 0 Å². The van der Waals surface area contributed by atoms with Crippen LogP contribution in [0.2, 0.25) is 0 Å². The molecule has 0 aliphatic rings. The molecule has 0 aliphatic heterocycles. The fraction of sp³-hybridized carbons (Fsp3) is 0.615. The second-order valence-electron chi connectivity index (χ2n) is 3.80. The van der Waals surface area contributed by atoms with Crippen molar-refractivity contribution in [2.45, 2.75) is 39.5 Å². The lowest BCUT2D eigenvalue weighted by atomic mass is 10.3. The lowest BCUT2D eigenvalue weighted by Crippen LogP contribution is -2.08. The van der Waals surface area contributed by atoms with E-state index in [9.17, 15) is 4.79 Å². The number of carbonyl (C=O) groups excluding carboxylic acids is 1. The molecule has 0 N–H and O–H groups in total. The molecule has 0 radical (unpaired) electrons. The largest absolute Gasteiger partial charge is 0.373 e. The van der Waals surface area contributed by atoms with Gasteiger partial charge in [-0.15, -0.1) is 11.3 Å². The van der Waals surface area contributed by atoms with Gasteiger partial charge in [-0.05, 0) is 25.0 Å². The maximum atomic E-state index is 11.7. The topological polar surface area (TPSA) is 26.3 Å². The van der Waals surface area contributed by atoms with Crippen LogP contribution in [0.5, 0.6) is 0 Å². The van der Waals surface area contributed by atoms with E-state index in [4.69, 9.17) is 4.74 Å². The number of ether oxygens (including phenoxy) is 1. The third-order valence-corrected chi connectivity index (χ3v) is 3.68. The van der Waals surface area contributed by atoms with Gasteiger partial charge in [-0.1, -0.05) is 26.7 Å². The van der Waals surface area contributed by atoms with Gasteiger partial charge in [0.2, 0.25) is 0 Å². The Bertz CT molecular complexity index is 317. The quantitative estimate of drug-likeness (QED) is 0.511. The van der Waals surface area contributed by atoms with Crippen molar-refractivity contribution >= 4 is 17.1 Å². The molecule has 0 unspecified atom stereocenters. The summed E-state index contributed by atoms with van der Waals surface area (Å²) in [5, 5.41) is 0. The van der Waals surface area contributed by atoms with Crippen molar-refractivity contribution in [1.82, 2.24) is 0 Å². The minimum absolute atomic E-state index is 0.112. The zero-order chi connectivity index (χ0) is 11.8. The highest BCUT2D eigenvalue weighted by atomic mass is 32.1. The smallest absolute Gasteiger partial charge is 0.198 e. The normalized spacial score (nSPS) is 10.6. The number of rotatable bonds is 8. The molecule has 1 heterocycles. The van der Waals surface area contributed by atoms with Crippen LogP contribution in [-0.4, -0.2) is 19.0 Å². The maximum absolute atomic E-state index is 11.7. The van der Waals surface area contributed by atoms with Crippen LogP contribution in [0.25, 0.3) is 0 Å². The van der Waals surface area contributed by atoms with Gasteiger partial charge in [0.25, 0.3) is 0 Å². The molecular weight excluding hydrogens is 220 g/mol.